The lowest BCUT2D eigenvalue weighted by Gasteiger charge is -2.39. The van der Waals surface area contributed by atoms with Gasteiger partial charge in [-0.3, -0.25) is 4.68 Å². The van der Waals surface area contributed by atoms with E-state index in [0.717, 1.165) is 19.6 Å². The van der Waals surface area contributed by atoms with Crippen molar-refractivity contribution in [1.82, 2.24) is 15.1 Å². The Labute approximate surface area is 155 Å². The molecule has 1 N–H and O–H groups in total. The molecule has 2 aromatic rings. The summed E-state index contributed by atoms with van der Waals surface area (Å²) < 4.78 is 13.1. The second-order valence-corrected chi connectivity index (χ2v) is 7.60. The lowest BCUT2D eigenvalue weighted by atomic mass is 9.74. The van der Waals surface area contributed by atoms with E-state index in [9.17, 15) is 0 Å². The molecular formula is C21H29N3O2. The summed E-state index contributed by atoms with van der Waals surface area (Å²) in [5.41, 5.74) is 4.11. The second kappa shape index (κ2) is 7.91. The van der Waals surface area contributed by atoms with E-state index in [1.165, 1.54) is 29.5 Å². The van der Waals surface area contributed by atoms with E-state index in [-0.39, 0.29) is 6.10 Å². The van der Waals surface area contributed by atoms with Crippen LogP contribution in [0.15, 0.2) is 36.7 Å². The molecule has 26 heavy (non-hydrogen) atoms. The van der Waals surface area contributed by atoms with E-state index >= 15 is 0 Å². The number of aryl methyl sites for hydroxylation is 1. The zero-order chi connectivity index (χ0) is 17.9. The van der Waals surface area contributed by atoms with Crippen LogP contribution in [-0.2, 0) is 16.0 Å². The van der Waals surface area contributed by atoms with E-state index in [0.29, 0.717) is 24.6 Å². The van der Waals surface area contributed by atoms with Crippen LogP contribution in [0.3, 0.4) is 0 Å². The summed E-state index contributed by atoms with van der Waals surface area (Å²) in [6.07, 6.45) is 7.67. The number of aromatic nitrogens is 2. The molecule has 0 spiro atoms. The molecule has 0 unspecified atom stereocenters. The fraction of sp³-hybridized carbons (Fsp3) is 0.571. The molecule has 2 fully saturated rings. The molecule has 1 aromatic heterocycles. The smallest absolute Gasteiger partial charge is 0.101 e. The molecule has 140 valence electrons. The molecular weight excluding hydrogens is 326 g/mol. The first-order valence-electron chi connectivity index (χ1n) is 9.69. The summed E-state index contributed by atoms with van der Waals surface area (Å²) in [5.74, 6) is 0.700. The van der Waals surface area contributed by atoms with E-state index in [1.54, 1.807) is 7.11 Å². The lowest BCUT2D eigenvalue weighted by molar-refractivity contribution is 0.0916. The van der Waals surface area contributed by atoms with Gasteiger partial charge < -0.3 is 14.8 Å². The zero-order valence-corrected chi connectivity index (χ0v) is 15.7. The highest BCUT2D eigenvalue weighted by atomic mass is 16.5. The molecule has 0 radical (unpaired) electrons. The van der Waals surface area contributed by atoms with Crippen LogP contribution in [0.4, 0.5) is 0 Å². The summed E-state index contributed by atoms with van der Waals surface area (Å²) >= 11 is 0. The first-order chi connectivity index (χ1) is 12.7. The third-order valence-corrected chi connectivity index (χ3v) is 5.81. The maximum Gasteiger partial charge on any atom is 0.101 e. The average Bonchev–Trinajstić information content (AvgIpc) is 3.25. The SMILES string of the molecule is COCCn1cc([C@H]2OCC[C@@H]2NC2CC(c3ccccc3C)C2)cn1. The summed E-state index contributed by atoms with van der Waals surface area (Å²) in [5, 5.41) is 8.29. The first kappa shape index (κ1) is 17.7. The summed E-state index contributed by atoms with van der Waals surface area (Å²) in [6.45, 7) is 4.50. The van der Waals surface area contributed by atoms with Crippen LogP contribution in [0.1, 0.15) is 48.0 Å². The number of nitrogens with zero attached hydrogens (tertiary/aromatic N) is 2. The molecule has 1 aliphatic heterocycles. The highest BCUT2D eigenvalue weighted by Gasteiger charge is 2.37. The molecule has 4 rings (SSSR count). The second-order valence-electron chi connectivity index (χ2n) is 7.60. The highest BCUT2D eigenvalue weighted by molar-refractivity contribution is 5.31. The van der Waals surface area contributed by atoms with Crippen LogP contribution in [-0.4, -0.2) is 42.2 Å². The summed E-state index contributed by atoms with van der Waals surface area (Å²) in [4.78, 5) is 0. The molecule has 1 saturated carbocycles. The van der Waals surface area contributed by atoms with Crippen molar-refractivity contribution in [3.8, 4) is 0 Å². The minimum absolute atomic E-state index is 0.115. The Hall–Kier alpha value is -1.69. The van der Waals surface area contributed by atoms with E-state index in [4.69, 9.17) is 9.47 Å². The fourth-order valence-electron chi connectivity index (χ4n) is 4.28. The van der Waals surface area contributed by atoms with Gasteiger partial charge in [-0.15, -0.1) is 0 Å². The largest absolute Gasteiger partial charge is 0.383 e. The minimum Gasteiger partial charge on any atom is -0.383 e. The Kier molecular flexibility index (Phi) is 5.38. The molecule has 2 heterocycles. The normalized spacial score (nSPS) is 28.2. The Morgan fingerprint density at radius 1 is 1.31 bits per heavy atom. The Morgan fingerprint density at radius 3 is 2.96 bits per heavy atom. The Balaban J connectivity index is 1.32. The quantitative estimate of drug-likeness (QED) is 0.829. The van der Waals surface area contributed by atoms with E-state index < -0.39 is 0 Å². The number of ether oxygens (including phenoxy) is 2. The number of nitrogens with one attached hydrogen (secondary N) is 1. The average molecular weight is 355 g/mol. The third kappa shape index (κ3) is 3.70. The topological polar surface area (TPSA) is 48.3 Å². The predicted molar refractivity (Wildman–Crippen MR) is 101 cm³/mol. The van der Waals surface area contributed by atoms with Gasteiger partial charge in [0.25, 0.3) is 0 Å². The first-order valence-corrected chi connectivity index (χ1v) is 9.69. The summed E-state index contributed by atoms with van der Waals surface area (Å²) in [6, 6.07) is 9.77. The molecule has 2 atom stereocenters. The molecule has 5 nitrogen and oxygen atoms in total. The molecule has 0 amide bonds. The zero-order valence-electron chi connectivity index (χ0n) is 15.7. The van der Waals surface area contributed by atoms with Gasteiger partial charge in [-0.05, 0) is 43.2 Å². The molecule has 5 heteroatoms. The van der Waals surface area contributed by atoms with Gasteiger partial charge in [0.1, 0.15) is 6.10 Å². The van der Waals surface area contributed by atoms with Crippen LogP contribution >= 0.6 is 0 Å². The van der Waals surface area contributed by atoms with E-state index in [2.05, 4.69) is 47.8 Å². The van der Waals surface area contributed by atoms with Gasteiger partial charge in [-0.2, -0.15) is 5.10 Å². The van der Waals surface area contributed by atoms with Crippen molar-refractivity contribution in [2.75, 3.05) is 20.3 Å². The lowest BCUT2D eigenvalue weighted by Crippen LogP contribution is -2.46. The minimum atomic E-state index is 0.115. The molecule has 2 aliphatic rings. The monoisotopic (exact) mass is 355 g/mol. The maximum absolute atomic E-state index is 6.02. The van der Waals surface area contributed by atoms with Crippen LogP contribution in [0.25, 0.3) is 0 Å². The standard InChI is InChI=1S/C21H29N3O2/c1-15-5-3-4-6-19(15)16-11-18(12-16)23-20-7-9-26-21(20)17-13-22-24(14-17)8-10-25-2/h3-6,13-14,16,18,20-21,23H,7-12H2,1-2H3/t16?,18?,20-,21+/m0/s1. The van der Waals surface area contributed by atoms with Crippen molar-refractivity contribution in [2.24, 2.45) is 0 Å². The van der Waals surface area contributed by atoms with Gasteiger partial charge in [-0.25, -0.2) is 0 Å². The van der Waals surface area contributed by atoms with Crippen molar-refractivity contribution in [1.29, 1.82) is 0 Å². The van der Waals surface area contributed by atoms with Crippen molar-refractivity contribution in [3.63, 3.8) is 0 Å². The van der Waals surface area contributed by atoms with Crippen LogP contribution in [0, 0.1) is 6.92 Å². The van der Waals surface area contributed by atoms with E-state index in [1.807, 2.05) is 10.9 Å². The third-order valence-electron chi connectivity index (χ3n) is 5.81. The van der Waals surface area contributed by atoms with Crippen LogP contribution < -0.4 is 5.32 Å². The predicted octanol–water partition coefficient (Wildman–Crippen LogP) is 3.20. The molecule has 1 aliphatic carbocycles. The Morgan fingerprint density at radius 2 is 2.15 bits per heavy atom. The van der Waals surface area contributed by atoms with Gasteiger partial charge in [0.2, 0.25) is 0 Å². The number of rotatable bonds is 7. The maximum atomic E-state index is 6.02. The fourth-order valence-corrected chi connectivity index (χ4v) is 4.28. The van der Waals surface area contributed by atoms with Gasteiger partial charge in [0.05, 0.1) is 19.3 Å². The summed E-state index contributed by atoms with van der Waals surface area (Å²) in [7, 11) is 1.72. The van der Waals surface area contributed by atoms with Gasteiger partial charge in [0.15, 0.2) is 0 Å². The van der Waals surface area contributed by atoms with Crippen molar-refractivity contribution >= 4 is 0 Å². The van der Waals surface area contributed by atoms with Crippen molar-refractivity contribution in [3.05, 3.63) is 53.3 Å². The highest BCUT2D eigenvalue weighted by Crippen LogP contribution is 2.40. The van der Waals surface area contributed by atoms with Crippen LogP contribution in [0.5, 0.6) is 0 Å². The number of methoxy groups -OCH3 is 1. The molecule has 1 aromatic carbocycles. The number of hydrogen-bond acceptors (Lipinski definition) is 4. The Bertz CT molecular complexity index is 724. The van der Waals surface area contributed by atoms with Gasteiger partial charge >= 0.3 is 0 Å². The molecule has 0 bridgehead atoms. The van der Waals surface area contributed by atoms with Crippen LogP contribution in [0.2, 0.25) is 0 Å². The van der Waals surface area contributed by atoms with Gasteiger partial charge in [-0.1, -0.05) is 24.3 Å². The molecule has 1 saturated heterocycles. The van der Waals surface area contributed by atoms with Gasteiger partial charge in [0, 0.05) is 37.6 Å². The number of hydrogen-bond donors (Lipinski definition) is 1. The van der Waals surface area contributed by atoms with Crippen molar-refractivity contribution < 1.29 is 9.47 Å². The number of benzene rings is 1. The van der Waals surface area contributed by atoms with Crippen molar-refractivity contribution in [2.45, 2.75) is 56.8 Å².